The van der Waals surface area contributed by atoms with Crippen LogP contribution in [-0.4, -0.2) is 78.3 Å². The van der Waals surface area contributed by atoms with Crippen LogP contribution in [0.2, 0.25) is 0 Å². The molecule has 0 radical (unpaired) electrons. The number of rotatable bonds is 11. The number of aromatic nitrogens is 2. The number of nitrogens with two attached hydrogens (primary N) is 4. The standard InChI is InChI=1S/C6H9N3O2.C5H10N2O3.C5H9NO4/c7-5(6(10)11)1-4-2-8-3-9-4;2*6-3(5(9)10)1-2-4(7)8/h2-3,5H,1,7H2,(H,8,9)(H,10,11);3H,1-2,6H2,(H2,7,8)(H,9,10);3H,1-2,6H2,(H,7,8)(H,9,10)/t5-;2*3-/m000/s1. The average molecular weight is 448 g/mol. The normalized spacial score (nSPS) is 12.6. The number of carbonyl (C=O) groups excluding carboxylic acids is 1. The van der Waals surface area contributed by atoms with Crippen LogP contribution in [0.15, 0.2) is 12.5 Å². The van der Waals surface area contributed by atoms with E-state index in [0.717, 1.165) is 5.69 Å². The Balaban J connectivity index is 0. The zero-order chi connectivity index (χ0) is 24.6. The number of H-pyrrole nitrogens is 1. The summed E-state index contributed by atoms with van der Waals surface area (Å²) in [5, 5.41) is 32.9. The molecule has 0 aliphatic rings. The first kappa shape index (κ1) is 29.6. The number of nitrogens with one attached hydrogen (secondary N) is 1. The lowest BCUT2D eigenvalue weighted by Crippen LogP contribution is -2.32. The monoisotopic (exact) mass is 448 g/mol. The van der Waals surface area contributed by atoms with Crippen LogP contribution in [0.5, 0.6) is 0 Å². The molecule has 0 bridgehead atoms. The molecule has 0 spiro atoms. The van der Waals surface area contributed by atoms with Crippen molar-refractivity contribution in [3.8, 4) is 0 Å². The molecule has 1 aromatic heterocycles. The molecule has 1 heterocycles. The molecule has 13 N–H and O–H groups in total. The highest BCUT2D eigenvalue weighted by Gasteiger charge is 2.13. The van der Waals surface area contributed by atoms with Crippen molar-refractivity contribution >= 4 is 29.8 Å². The topological polar surface area (TPSA) is 299 Å². The highest BCUT2D eigenvalue weighted by molar-refractivity contribution is 5.77. The molecule has 0 fully saturated rings. The third kappa shape index (κ3) is 18.2. The van der Waals surface area contributed by atoms with Crippen LogP contribution < -0.4 is 22.9 Å². The van der Waals surface area contributed by atoms with Crippen molar-refractivity contribution in [2.45, 2.75) is 50.2 Å². The number of amides is 1. The van der Waals surface area contributed by atoms with Crippen molar-refractivity contribution in [3.63, 3.8) is 0 Å². The summed E-state index contributed by atoms with van der Waals surface area (Å²) in [5.41, 5.74) is 20.8. The number of aromatic amines is 1. The Kier molecular flexibility index (Phi) is 15.5. The number of carbonyl (C=O) groups is 5. The van der Waals surface area contributed by atoms with E-state index in [1.807, 2.05) is 0 Å². The van der Waals surface area contributed by atoms with Crippen molar-refractivity contribution in [2.24, 2.45) is 22.9 Å². The molecule has 0 aromatic carbocycles. The van der Waals surface area contributed by atoms with E-state index in [4.69, 9.17) is 43.4 Å². The molecular formula is C16H28N6O9. The molecule has 15 nitrogen and oxygen atoms in total. The number of hydrogen-bond acceptors (Lipinski definition) is 9. The molecule has 15 heteroatoms. The van der Waals surface area contributed by atoms with Crippen LogP contribution in [0.1, 0.15) is 31.4 Å². The molecule has 3 atom stereocenters. The van der Waals surface area contributed by atoms with E-state index in [0.29, 0.717) is 0 Å². The molecule has 0 saturated heterocycles. The maximum absolute atomic E-state index is 10.3. The highest BCUT2D eigenvalue weighted by atomic mass is 16.4. The second-order valence-electron chi connectivity index (χ2n) is 6.05. The molecular weight excluding hydrogens is 420 g/mol. The molecule has 0 aliphatic carbocycles. The lowest BCUT2D eigenvalue weighted by molar-refractivity contribution is -0.141. The largest absolute Gasteiger partial charge is 0.481 e. The Morgan fingerprint density at radius 1 is 0.839 bits per heavy atom. The van der Waals surface area contributed by atoms with Gasteiger partial charge < -0.3 is 48.3 Å². The van der Waals surface area contributed by atoms with Crippen LogP contribution in [0, 0.1) is 0 Å². The summed E-state index contributed by atoms with van der Waals surface area (Å²) >= 11 is 0. The lowest BCUT2D eigenvalue weighted by Gasteiger charge is -2.02. The van der Waals surface area contributed by atoms with Crippen molar-refractivity contribution in [3.05, 3.63) is 18.2 Å². The number of carboxylic acids is 4. The van der Waals surface area contributed by atoms with Crippen LogP contribution in [0.4, 0.5) is 0 Å². The van der Waals surface area contributed by atoms with Crippen LogP contribution in [0.25, 0.3) is 0 Å². The predicted molar refractivity (Wildman–Crippen MR) is 104 cm³/mol. The summed E-state index contributed by atoms with van der Waals surface area (Å²) in [7, 11) is 0. The maximum atomic E-state index is 10.3. The number of nitrogens with zero attached hydrogens (tertiary/aromatic N) is 1. The van der Waals surface area contributed by atoms with Gasteiger partial charge in [0.2, 0.25) is 5.91 Å². The predicted octanol–water partition coefficient (Wildman–Crippen LogP) is -2.71. The van der Waals surface area contributed by atoms with Gasteiger partial charge in [-0.3, -0.25) is 24.0 Å². The first-order valence-corrected chi connectivity index (χ1v) is 8.70. The summed E-state index contributed by atoms with van der Waals surface area (Å²) in [6.45, 7) is 0. The zero-order valence-corrected chi connectivity index (χ0v) is 16.5. The quantitative estimate of drug-likeness (QED) is 0.166. The number of aliphatic carboxylic acids is 4. The summed E-state index contributed by atoms with van der Waals surface area (Å²) < 4.78 is 0. The van der Waals surface area contributed by atoms with E-state index in [1.165, 1.54) is 6.33 Å². The second-order valence-corrected chi connectivity index (χ2v) is 6.05. The SMILES string of the molecule is NC(=O)CC[C@H](N)C(=O)O.N[C@@H](CCC(=O)O)C(=O)O.N[C@@H](Cc1cnc[nH]1)C(=O)O. The molecule has 1 rings (SSSR count). The van der Waals surface area contributed by atoms with E-state index >= 15 is 0 Å². The van der Waals surface area contributed by atoms with Gasteiger partial charge in [-0.1, -0.05) is 0 Å². The van der Waals surface area contributed by atoms with Gasteiger partial charge in [-0.2, -0.15) is 0 Å². The fraction of sp³-hybridized carbons (Fsp3) is 0.500. The summed E-state index contributed by atoms with van der Waals surface area (Å²) in [4.78, 5) is 56.8. The van der Waals surface area contributed by atoms with E-state index in [1.54, 1.807) is 6.20 Å². The van der Waals surface area contributed by atoms with Gasteiger partial charge in [-0.25, -0.2) is 4.98 Å². The lowest BCUT2D eigenvalue weighted by atomic mass is 10.2. The molecule has 1 aromatic rings. The molecule has 0 saturated carbocycles. The molecule has 1 amide bonds. The van der Waals surface area contributed by atoms with Crippen LogP contribution in [-0.2, 0) is 30.4 Å². The summed E-state index contributed by atoms with van der Waals surface area (Å²) in [5.74, 6) is -4.84. The van der Waals surface area contributed by atoms with Gasteiger partial charge in [0.1, 0.15) is 18.1 Å². The van der Waals surface area contributed by atoms with Crippen molar-refractivity contribution in [1.29, 1.82) is 0 Å². The van der Waals surface area contributed by atoms with Gasteiger partial charge >= 0.3 is 23.9 Å². The van der Waals surface area contributed by atoms with Gasteiger partial charge in [0.05, 0.1) is 6.33 Å². The van der Waals surface area contributed by atoms with E-state index in [2.05, 4.69) is 9.97 Å². The molecule has 31 heavy (non-hydrogen) atoms. The van der Waals surface area contributed by atoms with Crippen LogP contribution in [0.3, 0.4) is 0 Å². The number of imidazole rings is 1. The fourth-order valence-corrected chi connectivity index (χ4v) is 1.54. The Labute approximate surface area is 176 Å². The molecule has 0 aliphatic heterocycles. The van der Waals surface area contributed by atoms with Gasteiger partial charge in [0, 0.05) is 31.2 Å². The van der Waals surface area contributed by atoms with Gasteiger partial charge in [0.25, 0.3) is 0 Å². The maximum Gasteiger partial charge on any atom is 0.320 e. The Hall–Kier alpha value is -3.56. The van der Waals surface area contributed by atoms with E-state index in [-0.39, 0.29) is 32.1 Å². The minimum Gasteiger partial charge on any atom is -0.481 e. The number of primary amides is 1. The van der Waals surface area contributed by atoms with Crippen molar-refractivity contribution < 1.29 is 44.4 Å². The molecule has 0 unspecified atom stereocenters. The first-order chi connectivity index (χ1) is 14.3. The third-order valence-corrected chi connectivity index (χ3v) is 3.32. The van der Waals surface area contributed by atoms with Gasteiger partial charge in [0.15, 0.2) is 0 Å². The average Bonchev–Trinajstić information content (AvgIpc) is 3.17. The Morgan fingerprint density at radius 2 is 1.29 bits per heavy atom. The van der Waals surface area contributed by atoms with E-state index < -0.39 is 47.9 Å². The smallest absolute Gasteiger partial charge is 0.320 e. The van der Waals surface area contributed by atoms with Gasteiger partial charge in [-0.15, -0.1) is 0 Å². The van der Waals surface area contributed by atoms with E-state index in [9.17, 15) is 24.0 Å². The zero-order valence-electron chi connectivity index (χ0n) is 16.5. The number of carboxylic acid groups (broad SMARTS) is 4. The Bertz CT molecular complexity index is 676. The van der Waals surface area contributed by atoms with Crippen molar-refractivity contribution in [1.82, 2.24) is 9.97 Å². The highest BCUT2D eigenvalue weighted by Crippen LogP contribution is 1.95. The van der Waals surface area contributed by atoms with Crippen LogP contribution >= 0.6 is 0 Å². The summed E-state index contributed by atoms with van der Waals surface area (Å²) in [6, 6.07) is -2.89. The Morgan fingerprint density at radius 3 is 1.61 bits per heavy atom. The fourth-order valence-electron chi connectivity index (χ4n) is 1.54. The van der Waals surface area contributed by atoms with Crippen molar-refractivity contribution in [2.75, 3.05) is 0 Å². The summed E-state index contributed by atoms with van der Waals surface area (Å²) in [6.07, 6.45) is 3.23. The second kappa shape index (κ2) is 16.3. The van der Waals surface area contributed by atoms with Gasteiger partial charge in [-0.05, 0) is 12.8 Å². The first-order valence-electron chi connectivity index (χ1n) is 8.70. The molecule has 176 valence electrons. The number of hydrogen-bond donors (Lipinski definition) is 9. The third-order valence-electron chi connectivity index (χ3n) is 3.32. The minimum absolute atomic E-state index is 0.0213. The minimum atomic E-state index is -1.17.